The Hall–Kier alpha value is -1.47. The normalized spacial score (nSPS) is 10.5. The summed E-state index contributed by atoms with van der Waals surface area (Å²) in [5.41, 5.74) is 0.719. The summed E-state index contributed by atoms with van der Waals surface area (Å²) < 4.78 is 1.82. The molecule has 2 rings (SSSR count). The van der Waals surface area contributed by atoms with E-state index in [-0.39, 0.29) is 6.54 Å². The van der Waals surface area contributed by atoms with Crippen LogP contribution in [0.3, 0.4) is 0 Å². The molecule has 0 aliphatic carbocycles. The molecule has 2 aromatic heterocycles. The molecule has 0 bridgehead atoms. The van der Waals surface area contributed by atoms with Crippen LogP contribution in [-0.4, -0.2) is 31.3 Å². The van der Waals surface area contributed by atoms with Crippen molar-refractivity contribution in [1.29, 1.82) is 0 Å². The van der Waals surface area contributed by atoms with Gasteiger partial charge in [0.15, 0.2) is 5.82 Å². The summed E-state index contributed by atoms with van der Waals surface area (Å²) in [6, 6.07) is 1.69. The minimum absolute atomic E-state index is 0.268. The van der Waals surface area contributed by atoms with E-state index in [2.05, 4.69) is 15.5 Å². The average molecular weight is 245 g/mol. The molecule has 6 nitrogen and oxygen atoms in total. The standard InChI is InChI=1S/C7H5ClN4O2S/c8-5-1-4(3-15-5)7-9-10-11-12(7)2-6(13)14/h1,3H,2H2,(H,13,14). The molecule has 2 aromatic rings. The van der Waals surface area contributed by atoms with Crippen LogP contribution in [0.4, 0.5) is 0 Å². The molecule has 15 heavy (non-hydrogen) atoms. The van der Waals surface area contributed by atoms with Crippen molar-refractivity contribution in [2.45, 2.75) is 6.54 Å². The molecule has 0 fully saturated rings. The van der Waals surface area contributed by atoms with Gasteiger partial charge in [0.05, 0.1) is 4.34 Å². The van der Waals surface area contributed by atoms with E-state index in [0.717, 1.165) is 5.56 Å². The average Bonchev–Trinajstić information content (AvgIpc) is 2.72. The zero-order valence-corrected chi connectivity index (χ0v) is 8.86. The number of carbonyl (C=O) groups is 1. The summed E-state index contributed by atoms with van der Waals surface area (Å²) >= 11 is 7.10. The second-order valence-corrected chi connectivity index (χ2v) is 4.24. The molecular formula is C7H5ClN4O2S. The fourth-order valence-corrected chi connectivity index (χ4v) is 1.93. The van der Waals surface area contributed by atoms with Gasteiger partial charge in [0.2, 0.25) is 0 Å². The lowest BCUT2D eigenvalue weighted by Gasteiger charge is -1.97. The number of tetrazole rings is 1. The van der Waals surface area contributed by atoms with Gasteiger partial charge in [0.1, 0.15) is 6.54 Å². The highest BCUT2D eigenvalue weighted by atomic mass is 35.5. The van der Waals surface area contributed by atoms with Crippen LogP contribution < -0.4 is 0 Å². The molecule has 0 aliphatic heterocycles. The van der Waals surface area contributed by atoms with Crippen molar-refractivity contribution in [1.82, 2.24) is 20.2 Å². The van der Waals surface area contributed by atoms with Gasteiger partial charge in [-0.05, 0) is 16.5 Å². The summed E-state index contributed by atoms with van der Waals surface area (Å²) in [5.74, 6) is -0.592. The van der Waals surface area contributed by atoms with Crippen molar-refractivity contribution in [3.05, 3.63) is 15.8 Å². The smallest absolute Gasteiger partial charge is 0.325 e. The van der Waals surface area contributed by atoms with Crippen molar-refractivity contribution in [3.63, 3.8) is 0 Å². The lowest BCUT2D eigenvalue weighted by atomic mass is 10.3. The second kappa shape index (κ2) is 3.95. The summed E-state index contributed by atoms with van der Waals surface area (Å²) in [5, 5.41) is 21.1. The Morgan fingerprint density at radius 2 is 2.47 bits per heavy atom. The summed E-state index contributed by atoms with van der Waals surface area (Å²) in [6.45, 7) is -0.268. The molecule has 0 aliphatic rings. The predicted molar refractivity (Wildman–Crippen MR) is 53.8 cm³/mol. The molecule has 8 heteroatoms. The van der Waals surface area contributed by atoms with E-state index < -0.39 is 5.97 Å². The van der Waals surface area contributed by atoms with Gasteiger partial charge < -0.3 is 5.11 Å². The molecule has 0 saturated carbocycles. The van der Waals surface area contributed by atoms with Gasteiger partial charge in [-0.1, -0.05) is 11.6 Å². The zero-order chi connectivity index (χ0) is 10.8. The molecule has 78 valence electrons. The van der Waals surface area contributed by atoms with Gasteiger partial charge in [-0.2, -0.15) is 0 Å². The van der Waals surface area contributed by atoms with Crippen LogP contribution in [0.15, 0.2) is 11.4 Å². The summed E-state index contributed by atoms with van der Waals surface area (Å²) in [7, 11) is 0. The molecule has 0 atom stereocenters. The first-order valence-corrected chi connectivity index (χ1v) is 5.15. The molecule has 0 aromatic carbocycles. The highest BCUT2D eigenvalue weighted by molar-refractivity contribution is 7.14. The fraction of sp³-hybridized carbons (Fsp3) is 0.143. The number of aliphatic carboxylic acids is 1. The Morgan fingerprint density at radius 1 is 1.67 bits per heavy atom. The molecule has 2 heterocycles. The molecule has 1 N–H and O–H groups in total. The van der Waals surface area contributed by atoms with Crippen molar-refractivity contribution >= 4 is 28.9 Å². The molecule has 0 radical (unpaired) electrons. The van der Waals surface area contributed by atoms with E-state index in [9.17, 15) is 4.79 Å². The lowest BCUT2D eigenvalue weighted by molar-refractivity contribution is -0.137. The van der Waals surface area contributed by atoms with E-state index >= 15 is 0 Å². The minimum Gasteiger partial charge on any atom is -0.480 e. The third kappa shape index (κ3) is 2.13. The maximum Gasteiger partial charge on any atom is 0.325 e. The topological polar surface area (TPSA) is 80.9 Å². The second-order valence-electron chi connectivity index (χ2n) is 2.69. The number of carboxylic acid groups (broad SMARTS) is 1. The van der Waals surface area contributed by atoms with E-state index in [1.807, 2.05) is 0 Å². The van der Waals surface area contributed by atoms with Crippen LogP contribution in [-0.2, 0) is 11.3 Å². The molecule has 0 spiro atoms. The highest BCUT2D eigenvalue weighted by Gasteiger charge is 2.12. The first kappa shape index (κ1) is 10.1. The number of rotatable bonds is 3. The molecule has 0 amide bonds. The summed E-state index contributed by atoms with van der Waals surface area (Å²) in [4.78, 5) is 10.5. The fourth-order valence-electron chi connectivity index (χ4n) is 1.07. The van der Waals surface area contributed by atoms with Crippen LogP contribution >= 0.6 is 22.9 Å². The molecular weight excluding hydrogens is 240 g/mol. The number of hydrogen-bond donors (Lipinski definition) is 1. The van der Waals surface area contributed by atoms with Crippen LogP contribution in [0.1, 0.15) is 0 Å². The van der Waals surface area contributed by atoms with Gasteiger partial charge in [-0.15, -0.1) is 16.4 Å². The monoisotopic (exact) mass is 244 g/mol. The van der Waals surface area contributed by atoms with Crippen LogP contribution in [0.2, 0.25) is 4.34 Å². The largest absolute Gasteiger partial charge is 0.480 e. The van der Waals surface area contributed by atoms with E-state index in [4.69, 9.17) is 16.7 Å². The Kier molecular flexibility index (Phi) is 2.65. The van der Waals surface area contributed by atoms with Gasteiger partial charge >= 0.3 is 5.97 Å². The Balaban J connectivity index is 2.36. The van der Waals surface area contributed by atoms with Gasteiger partial charge in [0.25, 0.3) is 0 Å². The number of nitrogens with zero attached hydrogens (tertiary/aromatic N) is 4. The number of carboxylic acids is 1. The number of hydrogen-bond acceptors (Lipinski definition) is 5. The van der Waals surface area contributed by atoms with Crippen molar-refractivity contribution < 1.29 is 9.90 Å². The Bertz CT molecular complexity index is 495. The molecule has 0 unspecified atom stereocenters. The van der Waals surface area contributed by atoms with Crippen molar-refractivity contribution in [2.24, 2.45) is 0 Å². The number of halogens is 1. The SMILES string of the molecule is O=C(O)Cn1nnnc1-c1csc(Cl)c1. The highest BCUT2D eigenvalue weighted by Crippen LogP contribution is 2.26. The molecule has 0 saturated heterocycles. The maximum atomic E-state index is 10.5. The van der Waals surface area contributed by atoms with Crippen LogP contribution in [0.5, 0.6) is 0 Å². The Labute approximate surface area is 93.1 Å². The summed E-state index contributed by atoms with van der Waals surface area (Å²) in [6.07, 6.45) is 0. The van der Waals surface area contributed by atoms with Crippen LogP contribution in [0, 0.1) is 0 Å². The van der Waals surface area contributed by atoms with E-state index in [1.165, 1.54) is 16.0 Å². The third-order valence-electron chi connectivity index (χ3n) is 1.64. The first-order chi connectivity index (χ1) is 7.16. The predicted octanol–water partition coefficient (Wildman–Crippen LogP) is 1.14. The number of aromatic nitrogens is 4. The minimum atomic E-state index is -0.995. The van der Waals surface area contributed by atoms with E-state index in [1.54, 1.807) is 11.4 Å². The first-order valence-electron chi connectivity index (χ1n) is 3.89. The van der Waals surface area contributed by atoms with Crippen LogP contribution in [0.25, 0.3) is 11.4 Å². The quantitative estimate of drug-likeness (QED) is 0.876. The van der Waals surface area contributed by atoms with Gasteiger partial charge in [0, 0.05) is 10.9 Å². The van der Waals surface area contributed by atoms with Crippen molar-refractivity contribution in [3.8, 4) is 11.4 Å². The third-order valence-corrected chi connectivity index (χ3v) is 2.73. The lowest BCUT2D eigenvalue weighted by Crippen LogP contribution is -2.11. The number of thiophene rings is 1. The maximum absolute atomic E-state index is 10.5. The van der Waals surface area contributed by atoms with Crippen molar-refractivity contribution in [2.75, 3.05) is 0 Å². The van der Waals surface area contributed by atoms with Gasteiger partial charge in [-0.3, -0.25) is 4.79 Å². The van der Waals surface area contributed by atoms with Gasteiger partial charge in [-0.25, -0.2) is 4.68 Å². The van der Waals surface area contributed by atoms with E-state index in [0.29, 0.717) is 10.2 Å². The zero-order valence-electron chi connectivity index (χ0n) is 7.29. The Morgan fingerprint density at radius 3 is 3.07 bits per heavy atom.